The van der Waals surface area contributed by atoms with Crippen molar-refractivity contribution < 1.29 is 4.74 Å². The van der Waals surface area contributed by atoms with E-state index >= 15 is 0 Å². The number of benzene rings is 1. The van der Waals surface area contributed by atoms with E-state index < -0.39 is 0 Å². The highest BCUT2D eigenvalue weighted by Crippen LogP contribution is 2.38. The topological polar surface area (TPSA) is 27.1 Å². The van der Waals surface area contributed by atoms with Gasteiger partial charge in [0.05, 0.1) is 11.6 Å². The van der Waals surface area contributed by atoms with Crippen molar-refractivity contribution in [2.45, 2.75) is 0 Å². The van der Waals surface area contributed by atoms with Crippen LogP contribution in [0.25, 0.3) is 10.9 Å². The zero-order valence-corrected chi connectivity index (χ0v) is 10.1. The van der Waals surface area contributed by atoms with Gasteiger partial charge in [-0.1, -0.05) is 11.6 Å². The zero-order chi connectivity index (χ0) is 10.3. The van der Waals surface area contributed by atoms with Crippen LogP contribution in [0.3, 0.4) is 0 Å². The van der Waals surface area contributed by atoms with Gasteiger partial charge in [-0.15, -0.1) is 0 Å². The predicted octanol–water partition coefficient (Wildman–Crippen LogP) is 3.00. The Morgan fingerprint density at radius 3 is 2.93 bits per heavy atom. The summed E-state index contributed by atoms with van der Waals surface area (Å²) in [5, 5.41) is 5.78. The standard InChI is InChI=1S/C9H8BrClN2O/c1-13-4-5-3-6(10)9(14-2)7(11)8(5)12-13/h3-4H,1-2H3. The second-order valence-corrected chi connectivity index (χ2v) is 4.18. The lowest BCUT2D eigenvalue weighted by atomic mass is 10.2. The van der Waals surface area contributed by atoms with Crippen LogP contribution in [0.15, 0.2) is 16.7 Å². The monoisotopic (exact) mass is 274 g/mol. The Morgan fingerprint density at radius 1 is 1.57 bits per heavy atom. The molecule has 5 heteroatoms. The molecule has 1 aromatic heterocycles. The molecule has 2 rings (SSSR count). The first-order valence-electron chi connectivity index (χ1n) is 3.99. The first kappa shape index (κ1) is 9.80. The highest BCUT2D eigenvalue weighted by atomic mass is 79.9. The van der Waals surface area contributed by atoms with Gasteiger partial charge in [-0.3, -0.25) is 4.68 Å². The van der Waals surface area contributed by atoms with Crippen molar-refractivity contribution >= 4 is 38.4 Å². The first-order valence-corrected chi connectivity index (χ1v) is 5.16. The Kier molecular flexibility index (Phi) is 2.41. The van der Waals surface area contributed by atoms with Gasteiger partial charge < -0.3 is 4.74 Å². The van der Waals surface area contributed by atoms with E-state index in [1.807, 2.05) is 19.3 Å². The smallest absolute Gasteiger partial charge is 0.153 e. The Balaban J connectivity index is 2.84. The van der Waals surface area contributed by atoms with Crippen molar-refractivity contribution in [2.24, 2.45) is 7.05 Å². The molecule has 0 aliphatic rings. The molecule has 0 saturated heterocycles. The van der Waals surface area contributed by atoms with Crippen LogP contribution in [0.2, 0.25) is 5.02 Å². The molecule has 0 fully saturated rings. The molecule has 0 radical (unpaired) electrons. The normalized spacial score (nSPS) is 10.9. The molecule has 1 heterocycles. The van der Waals surface area contributed by atoms with Gasteiger partial charge in [-0.05, 0) is 22.0 Å². The number of nitrogens with zero attached hydrogens (tertiary/aromatic N) is 2. The molecule has 0 unspecified atom stereocenters. The lowest BCUT2D eigenvalue weighted by Gasteiger charge is -2.05. The van der Waals surface area contributed by atoms with E-state index in [9.17, 15) is 0 Å². The predicted molar refractivity (Wildman–Crippen MR) is 60.0 cm³/mol. The summed E-state index contributed by atoms with van der Waals surface area (Å²) in [5.41, 5.74) is 0.759. The Hall–Kier alpha value is -0.740. The van der Waals surface area contributed by atoms with Gasteiger partial charge in [0.2, 0.25) is 0 Å². The molecular weight excluding hydrogens is 267 g/mol. The SMILES string of the molecule is COc1c(Br)cc2cn(C)nc2c1Cl. The lowest BCUT2D eigenvalue weighted by Crippen LogP contribution is -1.88. The van der Waals surface area contributed by atoms with Gasteiger partial charge >= 0.3 is 0 Å². The average Bonchev–Trinajstić information content (AvgIpc) is 2.47. The van der Waals surface area contributed by atoms with Crippen molar-refractivity contribution in [1.82, 2.24) is 9.78 Å². The molecule has 0 spiro atoms. The molecule has 3 nitrogen and oxygen atoms in total. The molecule has 0 amide bonds. The third-order valence-electron chi connectivity index (χ3n) is 1.97. The molecule has 0 aliphatic carbocycles. The maximum absolute atomic E-state index is 6.13. The largest absolute Gasteiger partial charge is 0.494 e. The van der Waals surface area contributed by atoms with Gasteiger partial charge in [0.15, 0.2) is 5.75 Å². The van der Waals surface area contributed by atoms with E-state index in [1.165, 1.54) is 0 Å². The summed E-state index contributed by atoms with van der Waals surface area (Å²) in [5.74, 6) is 0.623. The molecule has 1 aromatic carbocycles. The van der Waals surface area contributed by atoms with E-state index in [1.54, 1.807) is 11.8 Å². The van der Waals surface area contributed by atoms with Crippen LogP contribution in [0.1, 0.15) is 0 Å². The number of methoxy groups -OCH3 is 1. The maximum Gasteiger partial charge on any atom is 0.153 e. The summed E-state index contributed by atoms with van der Waals surface area (Å²) in [6.07, 6.45) is 1.91. The molecule has 0 N–H and O–H groups in total. The van der Waals surface area contributed by atoms with Crippen LogP contribution in [0, 0.1) is 0 Å². The van der Waals surface area contributed by atoms with E-state index in [0.717, 1.165) is 15.4 Å². The lowest BCUT2D eigenvalue weighted by molar-refractivity contribution is 0.413. The Bertz CT molecular complexity index is 495. The minimum absolute atomic E-state index is 0.539. The van der Waals surface area contributed by atoms with Gasteiger partial charge in [0.1, 0.15) is 10.5 Å². The summed E-state index contributed by atoms with van der Waals surface area (Å²) in [7, 11) is 3.44. The van der Waals surface area contributed by atoms with E-state index in [-0.39, 0.29) is 0 Å². The summed E-state index contributed by atoms with van der Waals surface area (Å²) in [6.45, 7) is 0. The number of aryl methyl sites for hydroxylation is 1. The van der Waals surface area contributed by atoms with Gasteiger partial charge in [0.25, 0.3) is 0 Å². The van der Waals surface area contributed by atoms with E-state index in [0.29, 0.717) is 10.8 Å². The van der Waals surface area contributed by atoms with Crippen LogP contribution in [-0.2, 0) is 7.05 Å². The second kappa shape index (κ2) is 3.44. The number of hydrogen-bond donors (Lipinski definition) is 0. The fourth-order valence-electron chi connectivity index (χ4n) is 1.38. The van der Waals surface area contributed by atoms with Crippen molar-refractivity contribution in [3.63, 3.8) is 0 Å². The molecule has 0 saturated carbocycles. The Morgan fingerprint density at radius 2 is 2.29 bits per heavy atom. The number of rotatable bonds is 1. The van der Waals surface area contributed by atoms with Gasteiger partial charge in [-0.2, -0.15) is 5.10 Å². The first-order chi connectivity index (χ1) is 6.63. The van der Waals surface area contributed by atoms with E-state index in [2.05, 4.69) is 21.0 Å². The number of ether oxygens (including phenoxy) is 1. The van der Waals surface area contributed by atoms with Crippen LogP contribution >= 0.6 is 27.5 Å². The van der Waals surface area contributed by atoms with Gasteiger partial charge in [0, 0.05) is 18.6 Å². The minimum atomic E-state index is 0.539. The van der Waals surface area contributed by atoms with Crippen molar-refractivity contribution in [3.8, 4) is 5.75 Å². The zero-order valence-electron chi connectivity index (χ0n) is 7.71. The van der Waals surface area contributed by atoms with Crippen molar-refractivity contribution in [1.29, 1.82) is 0 Å². The quantitative estimate of drug-likeness (QED) is 0.800. The highest BCUT2D eigenvalue weighted by molar-refractivity contribution is 9.10. The Labute approximate surface area is 94.7 Å². The van der Waals surface area contributed by atoms with Crippen molar-refractivity contribution in [2.75, 3.05) is 7.11 Å². The molecule has 0 bridgehead atoms. The molecular formula is C9H8BrClN2O. The van der Waals surface area contributed by atoms with E-state index in [4.69, 9.17) is 16.3 Å². The summed E-state index contributed by atoms with van der Waals surface area (Å²) < 4.78 is 7.73. The number of aromatic nitrogens is 2. The van der Waals surface area contributed by atoms with Crippen LogP contribution in [0.4, 0.5) is 0 Å². The molecule has 0 aliphatic heterocycles. The summed E-state index contributed by atoms with van der Waals surface area (Å²) >= 11 is 9.52. The molecule has 0 atom stereocenters. The van der Waals surface area contributed by atoms with Gasteiger partial charge in [-0.25, -0.2) is 0 Å². The highest BCUT2D eigenvalue weighted by Gasteiger charge is 2.13. The van der Waals surface area contributed by atoms with Crippen LogP contribution in [0.5, 0.6) is 5.75 Å². The maximum atomic E-state index is 6.13. The number of halogens is 2. The van der Waals surface area contributed by atoms with Crippen molar-refractivity contribution in [3.05, 3.63) is 21.8 Å². The number of fused-ring (bicyclic) bond motifs is 1. The third-order valence-corrected chi connectivity index (χ3v) is 2.91. The average molecular weight is 276 g/mol. The molecule has 2 aromatic rings. The summed E-state index contributed by atoms with van der Waals surface area (Å²) in [6, 6.07) is 1.94. The summed E-state index contributed by atoms with van der Waals surface area (Å²) in [4.78, 5) is 0. The fourth-order valence-corrected chi connectivity index (χ4v) is 2.43. The molecule has 74 valence electrons. The molecule has 14 heavy (non-hydrogen) atoms. The fraction of sp³-hybridized carbons (Fsp3) is 0.222. The second-order valence-electron chi connectivity index (χ2n) is 2.95. The third kappa shape index (κ3) is 1.38. The number of hydrogen-bond acceptors (Lipinski definition) is 2. The van der Waals surface area contributed by atoms with Crippen LogP contribution in [-0.4, -0.2) is 16.9 Å². The van der Waals surface area contributed by atoms with Crippen LogP contribution < -0.4 is 4.74 Å². The minimum Gasteiger partial charge on any atom is -0.494 e.